The monoisotopic (exact) mass is 263 g/mol. The van der Waals surface area contributed by atoms with E-state index in [1.165, 1.54) is 12.2 Å². The SMILES string of the molecule is CCOC(=O)C=Cc1cc(C(=O)OCC)ccc1N. The second-order valence-electron chi connectivity index (χ2n) is 3.65. The number of anilines is 1. The summed E-state index contributed by atoms with van der Waals surface area (Å²) >= 11 is 0. The number of nitrogen functional groups attached to an aromatic ring is 1. The topological polar surface area (TPSA) is 78.6 Å². The number of rotatable bonds is 5. The Morgan fingerprint density at radius 3 is 2.53 bits per heavy atom. The summed E-state index contributed by atoms with van der Waals surface area (Å²) in [5, 5.41) is 0. The van der Waals surface area contributed by atoms with Crippen LogP contribution in [-0.4, -0.2) is 25.2 Å². The minimum absolute atomic E-state index is 0.303. The molecule has 0 atom stereocenters. The number of ether oxygens (including phenoxy) is 2. The number of benzene rings is 1. The highest BCUT2D eigenvalue weighted by Gasteiger charge is 2.08. The van der Waals surface area contributed by atoms with E-state index in [4.69, 9.17) is 15.2 Å². The van der Waals surface area contributed by atoms with Crippen molar-refractivity contribution >= 4 is 23.7 Å². The van der Waals surface area contributed by atoms with Crippen LogP contribution in [0, 0.1) is 0 Å². The van der Waals surface area contributed by atoms with Crippen molar-refractivity contribution in [3.63, 3.8) is 0 Å². The third kappa shape index (κ3) is 4.46. The van der Waals surface area contributed by atoms with Crippen LogP contribution in [0.3, 0.4) is 0 Å². The van der Waals surface area contributed by atoms with Crippen LogP contribution >= 0.6 is 0 Å². The van der Waals surface area contributed by atoms with Crippen molar-refractivity contribution in [3.8, 4) is 0 Å². The maximum absolute atomic E-state index is 11.6. The summed E-state index contributed by atoms with van der Waals surface area (Å²) in [4.78, 5) is 22.8. The molecule has 2 N–H and O–H groups in total. The quantitative estimate of drug-likeness (QED) is 0.499. The third-order valence-electron chi connectivity index (χ3n) is 2.28. The molecule has 0 spiro atoms. The molecule has 1 aromatic carbocycles. The maximum Gasteiger partial charge on any atom is 0.338 e. The summed E-state index contributed by atoms with van der Waals surface area (Å²) in [6.07, 6.45) is 2.78. The lowest BCUT2D eigenvalue weighted by Gasteiger charge is -2.05. The number of carbonyl (C=O) groups excluding carboxylic acids is 2. The fourth-order valence-electron chi connectivity index (χ4n) is 1.41. The highest BCUT2D eigenvalue weighted by molar-refractivity contribution is 5.93. The highest BCUT2D eigenvalue weighted by Crippen LogP contribution is 2.16. The van der Waals surface area contributed by atoms with E-state index in [9.17, 15) is 9.59 Å². The molecular weight excluding hydrogens is 246 g/mol. The summed E-state index contributed by atoms with van der Waals surface area (Å²) in [6, 6.07) is 4.75. The Morgan fingerprint density at radius 1 is 1.21 bits per heavy atom. The molecule has 0 saturated heterocycles. The molecular formula is C14H17NO4. The fourth-order valence-corrected chi connectivity index (χ4v) is 1.41. The summed E-state index contributed by atoms with van der Waals surface area (Å²) in [5.74, 6) is -0.878. The van der Waals surface area contributed by atoms with E-state index >= 15 is 0 Å². The second-order valence-corrected chi connectivity index (χ2v) is 3.65. The molecule has 0 bridgehead atoms. The molecule has 0 saturated carbocycles. The minimum Gasteiger partial charge on any atom is -0.463 e. The van der Waals surface area contributed by atoms with Gasteiger partial charge in [0.15, 0.2) is 0 Å². The number of carbonyl (C=O) groups is 2. The van der Waals surface area contributed by atoms with Crippen LogP contribution in [0.1, 0.15) is 29.8 Å². The van der Waals surface area contributed by atoms with Crippen molar-refractivity contribution in [2.75, 3.05) is 18.9 Å². The molecule has 102 valence electrons. The van der Waals surface area contributed by atoms with E-state index in [1.807, 2.05) is 0 Å². The molecule has 0 aliphatic carbocycles. The Morgan fingerprint density at radius 2 is 1.89 bits per heavy atom. The molecule has 0 unspecified atom stereocenters. The Bertz CT molecular complexity index is 494. The number of nitrogens with two attached hydrogens (primary N) is 1. The van der Waals surface area contributed by atoms with E-state index in [-0.39, 0.29) is 0 Å². The zero-order chi connectivity index (χ0) is 14.3. The van der Waals surface area contributed by atoms with E-state index in [1.54, 1.807) is 32.0 Å². The second kappa shape index (κ2) is 7.20. The van der Waals surface area contributed by atoms with Crippen LogP contribution in [-0.2, 0) is 14.3 Å². The molecule has 19 heavy (non-hydrogen) atoms. The van der Waals surface area contributed by atoms with Gasteiger partial charge in [-0.3, -0.25) is 0 Å². The summed E-state index contributed by atoms with van der Waals surface area (Å²) in [5.41, 5.74) is 7.19. The van der Waals surface area contributed by atoms with Gasteiger partial charge in [0.25, 0.3) is 0 Å². The van der Waals surface area contributed by atoms with Crippen molar-refractivity contribution < 1.29 is 19.1 Å². The molecule has 0 aliphatic heterocycles. The molecule has 1 rings (SSSR count). The molecule has 0 radical (unpaired) electrons. The van der Waals surface area contributed by atoms with Gasteiger partial charge in [-0.1, -0.05) is 0 Å². The largest absolute Gasteiger partial charge is 0.463 e. The fraction of sp³-hybridized carbons (Fsp3) is 0.286. The lowest BCUT2D eigenvalue weighted by molar-refractivity contribution is -0.137. The van der Waals surface area contributed by atoms with Crippen LogP contribution in [0.5, 0.6) is 0 Å². The van der Waals surface area contributed by atoms with E-state index < -0.39 is 11.9 Å². The van der Waals surface area contributed by atoms with Crippen molar-refractivity contribution in [2.24, 2.45) is 0 Å². The predicted octanol–water partition coefficient (Wildman–Crippen LogP) is 2.02. The van der Waals surface area contributed by atoms with Gasteiger partial charge in [0.1, 0.15) is 0 Å². The number of hydrogen-bond donors (Lipinski definition) is 1. The first-order valence-electron chi connectivity index (χ1n) is 6.00. The van der Waals surface area contributed by atoms with Crippen molar-refractivity contribution in [3.05, 3.63) is 35.4 Å². The first-order valence-corrected chi connectivity index (χ1v) is 6.00. The van der Waals surface area contributed by atoms with Crippen LogP contribution in [0.25, 0.3) is 6.08 Å². The van der Waals surface area contributed by atoms with Gasteiger partial charge in [-0.25, -0.2) is 9.59 Å². The first kappa shape index (κ1) is 14.8. The highest BCUT2D eigenvalue weighted by atomic mass is 16.5. The Hall–Kier alpha value is -2.30. The Labute approximate surface area is 112 Å². The smallest absolute Gasteiger partial charge is 0.338 e. The van der Waals surface area contributed by atoms with Gasteiger partial charge in [0, 0.05) is 11.8 Å². The van der Waals surface area contributed by atoms with Crippen LogP contribution in [0.4, 0.5) is 5.69 Å². The standard InChI is InChI=1S/C14H17NO4/c1-3-18-13(16)8-6-10-9-11(5-7-12(10)15)14(17)19-4-2/h5-9H,3-4,15H2,1-2H3. The van der Waals surface area contributed by atoms with E-state index in [0.717, 1.165) is 0 Å². The normalized spacial score (nSPS) is 10.4. The number of esters is 2. The summed E-state index contributed by atoms with van der Waals surface area (Å²) in [6.45, 7) is 4.07. The van der Waals surface area contributed by atoms with Gasteiger partial charge in [-0.2, -0.15) is 0 Å². The van der Waals surface area contributed by atoms with Gasteiger partial charge in [0.2, 0.25) is 0 Å². The van der Waals surface area contributed by atoms with Crippen LogP contribution in [0.15, 0.2) is 24.3 Å². The molecule has 5 nitrogen and oxygen atoms in total. The van der Waals surface area contributed by atoms with Gasteiger partial charge < -0.3 is 15.2 Å². The average molecular weight is 263 g/mol. The first-order chi connectivity index (χ1) is 9.08. The minimum atomic E-state index is -0.455. The van der Waals surface area contributed by atoms with Crippen LogP contribution < -0.4 is 5.73 Å². The van der Waals surface area contributed by atoms with E-state index in [0.29, 0.717) is 30.0 Å². The van der Waals surface area contributed by atoms with Crippen molar-refractivity contribution in [1.82, 2.24) is 0 Å². The van der Waals surface area contributed by atoms with E-state index in [2.05, 4.69) is 0 Å². The molecule has 0 aliphatic rings. The zero-order valence-electron chi connectivity index (χ0n) is 11.0. The van der Waals surface area contributed by atoms with Gasteiger partial charge >= 0.3 is 11.9 Å². The molecule has 0 heterocycles. The Balaban J connectivity index is 2.91. The van der Waals surface area contributed by atoms with Crippen LogP contribution in [0.2, 0.25) is 0 Å². The lowest BCUT2D eigenvalue weighted by Crippen LogP contribution is -2.05. The Kier molecular flexibility index (Phi) is 5.60. The molecule has 1 aromatic rings. The third-order valence-corrected chi connectivity index (χ3v) is 2.28. The maximum atomic E-state index is 11.6. The molecule has 5 heteroatoms. The van der Waals surface area contributed by atoms with Gasteiger partial charge in [-0.05, 0) is 43.7 Å². The zero-order valence-corrected chi connectivity index (χ0v) is 11.0. The van der Waals surface area contributed by atoms with Gasteiger partial charge in [0.05, 0.1) is 18.8 Å². The number of hydrogen-bond acceptors (Lipinski definition) is 5. The van der Waals surface area contributed by atoms with Crippen molar-refractivity contribution in [1.29, 1.82) is 0 Å². The molecule has 0 aromatic heterocycles. The lowest BCUT2D eigenvalue weighted by atomic mass is 10.1. The summed E-state index contributed by atoms with van der Waals surface area (Å²) < 4.78 is 9.65. The molecule has 0 fully saturated rings. The van der Waals surface area contributed by atoms with Crippen molar-refractivity contribution in [2.45, 2.75) is 13.8 Å². The van der Waals surface area contributed by atoms with Gasteiger partial charge in [-0.15, -0.1) is 0 Å². The molecule has 0 amide bonds. The average Bonchev–Trinajstić information content (AvgIpc) is 2.38. The summed E-state index contributed by atoms with van der Waals surface area (Å²) in [7, 11) is 0. The predicted molar refractivity (Wildman–Crippen MR) is 72.5 cm³/mol.